The van der Waals surface area contributed by atoms with Crippen molar-refractivity contribution in [2.45, 2.75) is 25.8 Å². The van der Waals surface area contributed by atoms with Crippen LogP contribution in [0.25, 0.3) is 0 Å². The molecule has 24 heavy (non-hydrogen) atoms. The smallest absolute Gasteiger partial charge is 0.224 e. The predicted molar refractivity (Wildman–Crippen MR) is 101 cm³/mol. The maximum absolute atomic E-state index is 12.6. The van der Waals surface area contributed by atoms with Crippen molar-refractivity contribution in [3.05, 3.63) is 34.3 Å². The summed E-state index contributed by atoms with van der Waals surface area (Å²) in [6.45, 7) is 4.02. The molecule has 2 rings (SSSR count). The van der Waals surface area contributed by atoms with Gasteiger partial charge in [-0.05, 0) is 43.6 Å². The van der Waals surface area contributed by atoms with E-state index in [9.17, 15) is 9.59 Å². The molecule has 1 saturated heterocycles. The molecular formula is C17H25BrClN3O2. The summed E-state index contributed by atoms with van der Waals surface area (Å²) >= 11 is 3.40. The molecule has 2 amide bonds. The standard InChI is InChI=1S/C17H24BrN3O2.ClH/c1-12(22)20-16(14-3-5-15(18)6-4-14)9-17(23)21-8-7-13(11-21)10-19-2;/h3-6,13,16,19H,7-11H2,1-2H3,(H,20,22);1H. The number of likely N-dealkylation sites (tertiary alicyclic amines) is 1. The number of hydrogen-bond acceptors (Lipinski definition) is 3. The first-order chi connectivity index (χ1) is 11.0. The Bertz CT molecular complexity index is 553. The van der Waals surface area contributed by atoms with Crippen molar-refractivity contribution in [3.63, 3.8) is 0 Å². The SMILES string of the molecule is CNCC1CCN(C(=O)CC(NC(C)=O)c2ccc(Br)cc2)C1.Cl. The number of halogens is 2. The summed E-state index contributed by atoms with van der Waals surface area (Å²) in [7, 11) is 1.94. The van der Waals surface area contributed by atoms with Crippen LogP contribution in [0.4, 0.5) is 0 Å². The summed E-state index contributed by atoms with van der Waals surface area (Å²) in [5, 5.41) is 6.06. The molecule has 1 fully saturated rings. The molecule has 5 nitrogen and oxygen atoms in total. The fourth-order valence-corrected chi connectivity index (χ4v) is 3.28. The highest BCUT2D eigenvalue weighted by molar-refractivity contribution is 9.10. The number of benzene rings is 1. The lowest BCUT2D eigenvalue weighted by atomic mass is 10.0. The minimum atomic E-state index is -0.281. The Morgan fingerprint density at radius 1 is 1.33 bits per heavy atom. The van der Waals surface area contributed by atoms with Gasteiger partial charge in [-0.2, -0.15) is 0 Å². The van der Waals surface area contributed by atoms with Gasteiger partial charge < -0.3 is 15.5 Å². The van der Waals surface area contributed by atoms with Crippen molar-refractivity contribution >= 4 is 40.2 Å². The Balaban J connectivity index is 0.00000288. The van der Waals surface area contributed by atoms with Gasteiger partial charge in [0, 0.05) is 24.5 Å². The maximum Gasteiger partial charge on any atom is 0.224 e. The number of hydrogen-bond donors (Lipinski definition) is 2. The third-order valence-corrected chi connectivity index (χ3v) is 4.69. The van der Waals surface area contributed by atoms with Crippen LogP contribution in [0.2, 0.25) is 0 Å². The molecule has 0 aromatic heterocycles. The lowest BCUT2D eigenvalue weighted by Gasteiger charge is -2.22. The molecule has 2 atom stereocenters. The number of nitrogens with one attached hydrogen (secondary N) is 2. The van der Waals surface area contributed by atoms with E-state index in [1.807, 2.05) is 36.2 Å². The van der Waals surface area contributed by atoms with Gasteiger partial charge in [0.05, 0.1) is 12.5 Å². The van der Waals surface area contributed by atoms with E-state index in [-0.39, 0.29) is 30.3 Å². The highest BCUT2D eigenvalue weighted by Gasteiger charge is 2.28. The maximum atomic E-state index is 12.6. The lowest BCUT2D eigenvalue weighted by Crippen LogP contribution is -2.35. The predicted octanol–water partition coefficient (Wildman–Crippen LogP) is 2.51. The van der Waals surface area contributed by atoms with Crippen molar-refractivity contribution in [1.29, 1.82) is 0 Å². The average Bonchev–Trinajstić information content (AvgIpc) is 2.96. The molecule has 1 aliphatic heterocycles. The van der Waals surface area contributed by atoms with Crippen LogP contribution < -0.4 is 10.6 Å². The molecular weight excluding hydrogens is 394 g/mol. The Kier molecular flexibility index (Phi) is 8.73. The molecule has 134 valence electrons. The van der Waals surface area contributed by atoms with Gasteiger partial charge in [0.1, 0.15) is 0 Å². The second-order valence-electron chi connectivity index (χ2n) is 6.06. The largest absolute Gasteiger partial charge is 0.349 e. The first-order valence-corrected chi connectivity index (χ1v) is 8.74. The molecule has 2 unspecified atom stereocenters. The fraction of sp³-hybridized carbons (Fsp3) is 0.529. The Labute approximate surface area is 158 Å². The number of rotatable bonds is 6. The van der Waals surface area contributed by atoms with Crippen molar-refractivity contribution in [2.24, 2.45) is 5.92 Å². The summed E-state index contributed by atoms with van der Waals surface area (Å²) in [6, 6.07) is 7.44. The Morgan fingerprint density at radius 2 is 2.00 bits per heavy atom. The molecule has 1 aliphatic rings. The van der Waals surface area contributed by atoms with Crippen molar-refractivity contribution in [1.82, 2.24) is 15.5 Å². The fourth-order valence-electron chi connectivity index (χ4n) is 3.01. The molecule has 2 N–H and O–H groups in total. The minimum Gasteiger partial charge on any atom is -0.349 e. The molecule has 0 saturated carbocycles. The summed E-state index contributed by atoms with van der Waals surface area (Å²) in [5.41, 5.74) is 0.947. The second-order valence-corrected chi connectivity index (χ2v) is 6.98. The second kappa shape index (κ2) is 10.0. The van der Waals surface area contributed by atoms with E-state index in [0.717, 1.165) is 36.1 Å². The van der Waals surface area contributed by atoms with E-state index in [0.29, 0.717) is 12.3 Å². The van der Waals surface area contributed by atoms with Crippen molar-refractivity contribution < 1.29 is 9.59 Å². The lowest BCUT2D eigenvalue weighted by molar-refractivity contribution is -0.131. The van der Waals surface area contributed by atoms with Crippen molar-refractivity contribution in [2.75, 3.05) is 26.7 Å². The number of nitrogens with zero attached hydrogens (tertiary/aromatic N) is 1. The quantitative estimate of drug-likeness (QED) is 0.746. The van der Waals surface area contributed by atoms with Crippen LogP contribution in [0, 0.1) is 5.92 Å². The first-order valence-electron chi connectivity index (χ1n) is 7.94. The van der Waals surface area contributed by atoms with Gasteiger partial charge in [0.25, 0.3) is 0 Å². The number of amides is 2. The van der Waals surface area contributed by atoms with Gasteiger partial charge in [-0.25, -0.2) is 0 Å². The van der Waals surface area contributed by atoms with Crippen molar-refractivity contribution in [3.8, 4) is 0 Å². The monoisotopic (exact) mass is 417 g/mol. The molecule has 7 heteroatoms. The first kappa shape index (κ1) is 20.9. The van der Waals surface area contributed by atoms with Crippen LogP contribution in [0.3, 0.4) is 0 Å². The zero-order valence-electron chi connectivity index (χ0n) is 14.0. The zero-order chi connectivity index (χ0) is 16.8. The van der Waals surface area contributed by atoms with E-state index >= 15 is 0 Å². The van der Waals surface area contributed by atoms with Crippen LogP contribution in [-0.4, -0.2) is 43.4 Å². The van der Waals surface area contributed by atoms with Gasteiger partial charge in [-0.3, -0.25) is 9.59 Å². The van der Waals surface area contributed by atoms with Crippen LogP contribution >= 0.6 is 28.3 Å². The van der Waals surface area contributed by atoms with Gasteiger partial charge in [0.2, 0.25) is 11.8 Å². The van der Waals surface area contributed by atoms with Gasteiger partial charge in [0.15, 0.2) is 0 Å². The van der Waals surface area contributed by atoms with Gasteiger partial charge >= 0.3 is 0 Å². The average molecular weight is 419 g/mol. The molecule has 0 aliphatic carbocycles. The Morgan fingerprint density at radius 3 is 2.58 bits per heavy atom. The van der Waals surface area contributed by atoms with E-state index < -0.39 is 0 Å². The van der Waals surface area contributed by atoms with Crippen LogP contribution in [0.5, 0.6) is 0 Å². The van der Waals surface area contributed by atoms with E-state index in [1.54, 1.807) is 0 Å². The molecule has 0 radical (unpaired) electrons. The molecule has 1 heterocycles. The van der Waals surface area contributed by atoms with Gasteiger partial charge in [-0.1, -0.05) is 28.1 Å². The third-order valence-electron chi connectivity index (χ3n) is 4.16. The molecule has 1 aromatic carbocycles. The van der Waals surface area contributed by atoms with E-state index in [4.69, 9.17) is 0 Å². The van der Waals surface area contributed by atoms with Gasteiger partial charge in [-0.15, -0.1) is 12.4 Å². The minimum absolute atomic E-state index is 0. The topological polar surface area (TPSA) is 61.4 Å². The van der Waals surface area contributed by atoms with Crippen LogP contribution in [0.1, 0.15) is 31.4 Å². The third kappa shape index (κ3) is 6.07. The normalized spacial score (nSPS) is 18.0. The summed E-state index contributed by atoms with van der Waals surface area (Å²) in [4.78, 5) is 26.0. The zero-order valence-corrected chi connectivity index (χ0v) is 16.5. The summed E-state index contributed by atoms with van der Waals surface area (Å²) in [5.74, 6) is 0.501. The highest BCUT2D eigenvalue weighted by Crippen LogP contribution is 2.23. The Hall–Kier alpha value is -1.11. The molecule has 1 aromatic rings. The summed E-state index contributed by atoms with van der Waals surface area (Å²) < 4.78 is 0.976. The molecule has 0 spiro atoms. The van der Waals surface area contributed by atoms with Crippen LogP contribution in [-0.2, 0) is 9.59 Å². The van der Waals surface area contributed by atoms with E-state index in [2.05, 4.69) is 26.6 Å². The number of carbonyl (C=O) groups is 2. The van der Waals surface area contributed by atoms with Crippen LogP contribution in [0.15, 0.2) is 28.7 Å². The highest BCUT2D eigenvalue weighted by atomic mass is 79.9. The number of carbonyl (C=O) groups excluding carboxylic acids is 2. The van der Waals surface area contributed by atoms with E-state index in [1.165, 1.54) is 6.92 Å². The molecule has 0 bridgehead atoms. The summed E-state index contributed by atoms with van der Waals surface area (Å²) in [6.07, 6.45) is 1.34.